The molecule has 2 saturated heterocycles. The number of hydrogen-bond acceptors (Lipinski definition) is 4. The zero-order valence-electron chi connectivity index (χ0n) is 16.7. The number of aliphatic imine (C=N–C) groups is 1. The number of imide groups is 1. The first-order valence-corrected chi connectivity index (χ1v) is 10.1. The van der Waals surface area contributed by atoms with E-state index >= 15 is 0 Å². The number of nitrogens with one attached hydrogen (secondary N) is 3. The highest BCUT2D eigenvalue weighted by Gasteiger charge is 2.27. The number of amides is 3. The molecular formula is C20H30N6O2. The van der Waals surface area contributed by atoms with Crippen molar-refractivity contribution in [2.45, 2.75) is 32.7 Å². The fourth-order valence-electron chi connectivity index (χ4n) is 3.52. The lowest BCUT2D eigenvalue weighted by Crippen LogP contribution is -2.40. The van der Waals surface area contributed by atoms with Crippen molar-refractivity contribution in [3.63, 3.8) is 0 Å². The number of hydrogen-bond donors (Lipinski definition) is 3. The SMILES string of the molecule is CCNC(=NCCN1C(=O)CNC1=O)NC(C)c1cccc(N2CCCC2)c1. The van der Waals surface area contributed by atoms with Crippen LogP contribution >= 0.6 is 0 Å². The molecular weight excluding hydrogens is 356 g/mol. The summed E-state index contributed by atoms with van der Waals surface area (Å²) in [4.78, 5) is 31.4. The van der Waals surface area contributed by atoms with Gasteiger partial charge in [0.05, 0.1) is 25.7 Å². The molecule has 1 aromatic carbocycles. The molecule has 2 heterocycles. The first kappa shape index (κ1) is 20.0. The number of guanidine groups is 1. The lowest BCUT2D eigenvalue weighted by molar-refractivity contribution is -0.124. The quantitative estimate of drug-likeness (QED) is 0.375. The Hall–Kier alpha value is -2.77. The third-order valence-corrected chi connectivity index (χ3v) is 5.07. The van der Waals surface area contributed by atoms with E-state index in [1.807, 2.05) is 6.92 Å². The molecule has 8 nitrogen and oxygen atoms in total. The maximum atomic E-state index is 11.6. The Kier molecular flexibility index (Phi) is 6.73. The Bertz CT molecular complexity index is 713. The summed E-state index contributed by atoms with van der Waals surface area (Å²) in [6.07, 6.45) is 2.51. The molecule has 1 unspecified atom stereocenters. The van der Waals surface area contributed by atoms with Crippen LogP contribution in [-0.2, 0) is 4.79 Å². The second-order valence-electron chi connectivity index (χ2n) is 7.12. The average molecular weight is 387 g/mol. The van der Waals surface area contributed by atoms with Gasteiger partial charge >= 0.3 is 6.03 Å². The van der Waals surface area contributed by atoms with Gasteiger partial charge in [0.2, 0.25) is 5.91 Å². The molecule has 3 rings (SSSR count). The number of carbonyl (C=O) groups is 2. The van der Waals surface area contributed by atoms with E-state index in [-0.39, 0.29) is 31.1 Å². The summed E-state index contributed by atoms with van der Waals surface area (Å²) in [5.41, 5.74) is 2.47. The van der Waals surface area contributed by atoms with Crippen LogP contribution < -0.4 is 20.9 Å². The number of anilines is 1. The van der Waals surface area contributed by atoms with Crippen LogP contribution in [0.1, 0.15) is 38.3 Å². The van der Waals surface area contributed by atoms with Gasteiger partial charge in [-0.1, -0.05) is 12.1 Å². The van der Waals surface area contributed by atoms with Gasteiger partial charge in [0.15, 0.2) is 5.96 Å². The molecule has 0 bridgehead atoms. The number of rotatable bonds is 7. The summed E-state index contributed by atoms with van der Waals surface area (Å²) in [5, 5.41) is 9.16. The molecule has 0 aliphatic carbocycles. The molecule has 1 aromatic rings. The molecule has 2 aliphatic heterocycles. The Balaban J connectivity index is 1.60. The minimum Gasteiger partial charge on any atom is -0.372 e. The Labute approximate surface area is 166 Å². The Morgan fingerprint density at radius 3 is 2.75 bits per heavy atom. The standard InChI is InChI=1S/C20H30N6O2/c1-3-21-19(22-9-12-26-18(27)14-23-20(26)28)24-15(2)16-7-6-8-17(13-16)25-10-4-5-11-25/h6-8,13,15H,3-5,9-12,14H2,1-2H3,(H,23,28)(H2,21,22,24). The van der Waals surface area contributed by atoms with Crippen molar-refractivity contribution in [3.8, 4) is 0 Å². The normalized spacial score (nSPS) is 18.4. The van der Waals surface area contributed by atoms with Gasteiger partial charge < -0.3 is 20.9 Å². The molecule has 3 N–H and O–H groups in total. The summed E-state index contributed by atoms with van der Waals surface area (Å²) in [5.74, 6) is 0.471. The molecule has 2 fully saturated rings. The third kappa shape index (κ3) is 4.94. The summed E-state index contributed by atoms with van der Waals surface area (Å²) in [7, 11) is 0. The molecule has 2 aliphatic rings. The minimum atomic E-state index is -0.342. The molecule has 0 spiro atoms. The van der Waals surface area contributed by atoms with Crippen LogP contribution in [0.2, 0.25) is 0 Å². The van der Waals surface area contributed by atoms with Crippen molar-refractivity contribution in [3.05, 3.63) is 29.8 Å². The summed E-state index contributed by atoms with van der Waals surface area (Å²) >= 11 is 0. The number of nitrogens with zero attached hydrogens (tertiary/aromatic N) is 3. The zero-order chi connectivity index (χ0) is 19.9. The van der Waals surface area contributed by atoms with Crippen LogP contribution in [0.5, 0.6) is 0 Å². The van der Waals surface area contributed by atoms with Gasteiger partial charge in [0.1, 0.15) is 0 Å². The smallest absolute Gasteiger partial charge is 0.324 e. The first-order chi connectivity index (χ1) is 13.6. The predicted octanol–water partition coefficient (Wildman–Crippen LogP) is 1.45. The predicted molar refractivity (Wildman–Crippen MR) is 111 cm³/mol. The largest absolute Gasteiger partial charge is 0.372 e. The van der Waals surface area contributed by atoms with E-state index in [2.05, 4.69) is 57.0 Å². The number of urea groups is 1. The third-order valence-electron chi connectivity index (χ3n) is 5.07. The van der Waals surface area contributed by atoms with Crippen molar-refractivity contribution >= 4 is 23.6 Å². The number of carbonyl (C=O) groups excluding carboxylic acids is 2. The fourth-order valence-corrected chi connectivity index (χ4v) is 3.52. The van der Waals surface area contributed by atoms with E-state index in [1.165, 1.54) is 29.0 Å². The molecule has 8 heteroatoms. The summed E-state index contributed by atoms with van der Waals surface area (Å²) in [6, 6.07) is 8.36. The van der Waals surface area contributed by atoms with Gasteiger partial charge in [-0.3, -0.25) is 14.7 Å². The fraction of sp³-hybridized carbons (Fsp3) is 0.550. The van der Waals surface area contributed by atoms with Gasteiger partial charge in [0, 0.05) is 25.3 Å². The van der Waals surface area contributed by atoms with Crippen molar-refractivity contribution in [1.82, 2.24) is 20.9 Å². The monoisotopic (exact) mass is 386 g/mol. The van der Waals surface area contributed by atoms with Crippen LogP contribution in [0, 0.1) is 0 Å². The highest BCUT2D eigenvalue weighted by molar-refractivity contribution is 6.01. The molecule has 1 atom stereocenters. The van der Waals surface area contributed by atoms with E-state index in [4.69, 9.17) is 0 Å². The summed E-state index contributed by atoms with van der Waals surface area (Å²) < 4.78 is 0. The van der Waals surface area contributed by atoms with Crippen LogP contribution in [0.15, 0.2) is 29.3 Å². The molecule has 3 amide bonds. The second-order valence-corrected chi connectivity index (χ2v) is 7.12. The number of benzene rings is 1. The van der Waals surface area contributed by atoms with Gasteiger partial charge in [-0.05, 0) is 44.4 Å². The maximum absolute atomic E-state index is 11.6. The van der Waals surface area contributed by atoms with Crippen LogP contribution in [-0.4, -0.2) is 62.1 Å². The molecule has 0 saturated carbocycles. The van der Waals surface area contributed by atoms with E-state index in [9.17, 15) is 9.59 Å². The van der Waals surface area contributed by atoms with Crippen LogP contribution in [0.3, 0.4) is 0 Å². The summed E-state index contributed by atoms with van der Waals surface area (Å²) in [6.45, 7) is 7.80. The van der Waals surface area contributed by atoms with E-state index in [0.29, 0.717) is 12.5 Å². The topological polar surface area (TPSA) is 89.1 Å². The molecule has 152 valence electrons. The van der Waals surface area contributed by atoms with Gasteiger partial charge in [-0.15, -0.1) is 0 Å². The second kappa shape index (κ2) is 9.43. The van der Waals surface area contributed by atoms with Gasteiger partial charge in [-0.2, -0.15) is 0 Å². The first-order valence-electron chi connectivity index (χ1n) is 10.1. The lowest BCUT2D eigenvalue weighted by Gasteiger charge is -2.22. The molecule has 28 heavy (non-hydrogen) atoms. The van der Waals surface area contributed by atoms with Crippen LogP contribution in [0.4, 0.5) is 10.5 Å². The molecule has 0 aromatic heterocycles. The Morgan fingerprint density at radius 2 is 2.07 bits per heavy atom. The van der Waals surface area contributed by atoms with E-state index < -0.39 is 0 Å². The minimum absolute atomic E-state index is 0.0747. The van der Waals surface area contributed by atoms with Gasteiger partial charge in [-0.25, -0.2) is 4.79 Å². The van der Waals surface area contributed by atoms with Crippen LogP contribution in [0.25, 0.3) is 0 Å². The lowest BCUT2D eigenvalue weighted by atomic mass is 10.1. The maximum Gasteiger partial charge on any atom is 0.324 e. The van der Waals surface area contributed by atoms with E-state index in [0.717, 1.165) is 19.6 Å². The van der Waals surface area contributed by atoms with Crippen molar-refractivity contribution in [2.24, 2.45) is 4.99 Å². The van der Waals surface area contributed by atoms with Crippen molar-refractivity contribution in [1.29, 1.82) is 0 Å². The van der Waals surface area contributed by atoms with Gasteiger partial charge in [0.25, 0.3) is 0 Å². The van der Waals surface area contributed by atoms with Crippen molar-refractivity contribution < 1.29 is 9.59 Å². The van der Waals surface area contributed by atoms with Crippen molar-refractivity contribution in [2.75, 3.05) is 44.2 Å². The average Bonchev–Trinajstić information content (AvgIpc) is 3.34. The highest BCUT2D eigenvalue weighted by atomic mass is 16.2. The zero-order valence-corrected chi connectivity index (χ0v) is 16.7. The molecule has 0 radical (unpaired) electrons. The Morgan fingerprint density at radius 1 is 1.29 bits per heavy atom. The highest BCUT2D eigenvalue weighted by Crippen LogP contribution is 2.23. The van der Waals surface area contributed by atoms with E-state index in [1.54, 1.807) is 0 Å².